The van der Waals surface area contributed by atoms with Crippen LogP contribution in [0, 0.1) is 0 Å². The zero-order valence-corrected chi connectivity index (χ0v) is 17.6. The van der Waals surface area contributed by atoms with Crippen molar-refractivity contribution in [3.63, 3.8) is 0 Å². The molecule has 1 atom stereocenters. The Morgan fingerprint density at radius 3 is 2.83 bits per heavy atom. The summed E-state index contributed by atoms with van der Waals surface area (Å²) in [4.78, 5) is 32.0. The monoisotopic (exact) mass is 430 g/mol. The van der Waals surface area contributed by atoms with E-state index in [9.17, 15) is 9.59 Å². The zero-order chi connectivity index (χ0) is 20.1. The standard InChI is InChI=1S/C21H26N6O2.ClH/c28-20(10-15-27-21(29)25-14-4-2-8-19(25)24-27)26(16-17-6-1-3-12-23-17)18-7-5-11-22-13-9-18;/h1-4,6,8,12,14,18,22H,5,7,9-11,13,15-16H2;1H. The van der Waals surface area contributed by atoms with E-state index in [0.717, 1.165) is 38.0 Å². The summed E-state index contributed by atoms with van der Waals surface area (Å²) in [6.45, 7) is 2.65. The van der Waals surface area contributed by atoms with Crippen LogP contribution in [0.5, 0.6) is 0 Å². The molecule has 1 unspecified atom stereocenters. The fourth-order valence-electron chi connectivity index (χ4n) is 3.86. The van der Waals surface area contributed by atoms with Crippen LogP contribution in [-0.4, -0.2) is 49.1 Å². The predicted octanol–water partition coefficient (Wildman–Crippen LogP) is 1.87. The van der Waals surface area contributed by atoms with Gasteiger partial charge in [0.25, 0.3) is 0 Å². The molecular formula is C21H27ClN6O2. The minimum absolute atomic E-state index is 0. The lowest BCUT2D eigenvalue weighted by atomic mass is 10.1. The second kappa shape index (κ2) is 10.4. The molecule has 1 saturated heterocycles. The molecule has 1 aliphatic heterocycles. The van der Waals surface area contributed by atoms with Crippen LogP contribution in [0.15, 0.2) is 53.6 Å². The van der Waals surface area contributed by atoms with Crippen LogP contribution in [0.25, 0.3) is 5.65 Å². The largest absolute Gasteiger partial charge is 0.350 e. The van der Waals surface area contributed by atoms with Crippen LogP contribution in [-0.2, 0) is 17.9 Å². The molecule has 9 heteroatoms. The van der Waals surface area contributed by atoms with Gasteiger partial charge in [0.1, 0.15) is 0 Å². The first-order valence-electron chi connectivity index (χ1n) is 10.2. The van der Waals surface area contributed by atoms with Crippen LogP contribution in [0.2, 0.25) is 0 Å². The zero-order valence-electron chi connectivity index (χ0n) is 16.8. The van der Waals surface area contributed by atoms with Crippen LogP contribution < -0.4 is 11.0 Å². The summed E-state index contributed by atoms with van der Waals surface area (Å²) in [6, 6.07) is 11.4. The van der Waals surface area contributed by atoms with Gasteiger partial charge in [0.2, 0.25) is 5.91 Å². The van der Waals surface area contributed by atoms with Gasteiger partial charge in [-0.15, -0.1) is 17.5 Å². The van der Waals surface area contributed by atoms with Crippen molar-refractivity contribution >= 4 is 24.0 Å². The van der Waals surface area contributed by atoms with Crippen molar-refractivity contribution in [3.05, 3.63) is 65.0 Å². The van der Waals surface area contributed by atoms with E-state index in [1.807, 2.05) is 29.2 Å². The normalized spacial score (nSPS) is 16.6. The van der Waals surface area contributed by atoms with Gasteiger partial charge in [-0.05, 0) is 56.6 Å². The second-order valence-corrected chi connectivity index (χ2v) is 7.36. The first-order valence-corrected chi connectivity index (χ1v) is 10.2. The van der Waals surface area contributed by atoms with Gasteiger partial charge in [0.15, 0.2) is 5.65 Å². The molecule has 4 heterocycles. The number of carbonyl (C=O) groups is 1. The number of halogens is 1. The molecule has 4 rings (SSSR count). The lowest BCUT2D eigenvalue weighted by Gasteiger charge is -2.31. The van der Waals surface area contributed by atoms with E-state index >= 15 is 0 Å². The number of hydrogen-bond acceptors (Lipinski definition) is 5. The van der Waals surface area contributed by atoms with E-state index in [0.29, 0.717) is 12.2 Å². The van der Waals surface area contributed by atoms with E-state index in [1.54, 1.807) is 24.5 Å². The first-order chi connectivity index (χ1) is 14.2. The van der Waals surface area contributed by atoms with Crippen molar-refractivity contribution in [1.29, 1.82) is 0 Å². The Morgan fingerprint density at radius 1 is 1.17 bits per heavy atom. The van der Waals surface area contributed by atoms with Gasteiger partial charge in [-0.25, -0.2) is 9.48 Å². The van der Waals surface area contributed by atoms with Crippen LogP contribution in [0.3, 0.4) is 0 Å². The predicted molar refractivity (Wildman–Crippen MR) is 117 cm³/mol. The van der Waals surface area contributed by atoms with Crippen molar-refractivity contribution in [1.82, 2.24) is 29.4 Å². The maximum absolute atomic E-state index is 13.2. The highest BCUT2D eigenvalue weighted by molar-refractivity contribution is 5.85. The Hall–Kier alpha value is -2.71. The molecule has 0 radical (unpaired) electrons. The van der Waals surface area contributed by atoms with Gasteiger partial charge in [-0.2, -0.15) is 0 Å². The number of pyridine rings is 2. The molecule has 160 valence electrons. The Bertz CT molecular complexity index is 1010. The number of nitrogens with zero attached hydrogens (tertiary/aromatic N) is 5. The van der Waals surface area contributed by atoms with Gasteiger partial charge in [0.05, 0.1) is 18.8 Å². The highest BCUT2D eigenvalue weighted by atomic mass is 35.5. The molecule has 1 fully saturated rings. The van der Waals surface area contributed by atoms with Gasteiger partial charge in [-0.3, -0.25) is 14.2 Å². The number of amides is 1. The van der Waals surface area contributed by atoms with Crippen molar-refractivity contribution in [2.75, 3.05) is 13.1 Å². The van der Waals surface area contributed by atoms with E-state index in [-0.39, 0.29) is 43.0 Å². The molecular weight excluding hydrogens is 404 g/mol. The van der Waals surface area contributed by atoms with Crippen molar-refractivity contribution in [2.45, 2.75) is 44.8 Å². The summed E-state index contributed by atoms with van der Waals surface area (Å²) in [5.41, 5.74) is 1.25. The van der Waals surface area contributed by atoms with Gasteiger partial charge < -0.3 is 10.2 Å². The fraction of sp³-hybridized carbons (Fsp3) is 0.429. The number of carbonyl (C=O) groups excluding carboxylic acids is 1. The fourth-order valence-corrected chi connectivity index (χ4v) is 3.86. The summed E-state index contributed by atoms with van der Waals surface area (Å²) in [5.74, 6) is 0.0338. The Labute approximate surface area is 181 Å². The number of aromatic nitrogens is 4. The molecule has 0 saturated carbocycles. The molecule has 3 aromatic rings. The highest BCUT2D eigenvalue weighted by Crippen LogP contribution is 2.17. The number of nitrogens with one attached hydrogen (secondary N) is 1. The van der Waals surface area contributed by atoms with Crippen molar-refractivity contribution < 1.29 is 4.79 Å². The lowest BCUT2D eigenvalue weighted by molar-refractivity contribution is -0.134. The van der Waals surface area contributed by atoms with Crippen LogP contribution in [0.4, 0.5) is 0 Å². The van der Waals surface area contributed by atoms with Crippen molar-refractivity contribution in [2.24, 2.45) is 0 Å². The number of fused-ring (bicyclic) bond motifs is 1. The molecule has 30 heavy (non-hydrogen) atoms. The van der Waals surface area contributed by atoms with Crippen LogP contribution in [0.1, 0.15) is 31.4 Å². The van der Waals surface area contributed by atoms with Crippen LogP contribution >= 0.6 is 12.4 Å². The molecule has 0 aliphatic carbocycles. The number of aryl methyl sites for hydroxylation is 1. The molecule has 1 aliphatic rings. The van der Waals surface area contributed by atoms with E-state index in [4.69, 9.17) is 0 Å². The molecule has 1 amide bonds. The SMILES string of the molecule is Cl.O=C(CCn1nc2ccccn2c1=O)N(Cc1ccccn1)C1CCCNCC1. The lowest BCUT2D eigenvalue weighted by Crippen LogP contribution is -2.41. The molecule has 3 aromatic heterocycles. The van der Waals surface area contributed by atoms with Gasteiger partial charge >= 0.3 is 5.69 Å². The Balaban J connectivity index is 0.00000256. The first kappa shape index (κ1) is 22.0. The minimum Gasteiger partial charge on any atom is -0.334 e. The molecule has 1 N–H and O–H groups in total. The van der Waals surface area contributed by atoms with E-state index in [1.165, 1.54) is 9.08 Å². The summed E-state index contributed by atoms with van der Waals surface area (Å²) >= 11 is 0. The summed E-state index contributed by atoms with van der Waals surface area (Å²) in [7, 11) is 0. The van der Waals surface area contributed by atoms with Gasteiger partial charge in [0, 0.05) is 24.9 Å². The smallest absolute Gasteiger partial charge is 0.334 e. The number of rotatable bonds is 6. The molecule has 0 spiro atoms. The highest BCUT2D eigenvalue weighted by Gasteiger charge is 2.25. The van der Waals surface area contributed by atoms with Crippen molar-refractivity contribution in [3.8, 4) is 0 Å². The maximum Gasteiger partial charge on any atom is 0.350 e. The quantitative estimate of drug-likeness (QED) is 0.645. The Morgan fingerprint density at radius 2 is 2.03 bits per heavy atom. The van der Waals surface area contributed by atoms with Gasteiger partial charge in [-0.1, -0.05) is 12.1 Å². The summed E-state index contributed by atoms with van der Waals surface area (Å²) in [5, 5.41) is 7.73. The molecule has 0 bridgehead atoms. The third-order valence-corrected chi connectivity index (χ3v) is 5.39. The third-order valence-electron chi connectivity index (χ3n) is 5.39. The summed E-state index contributed by atoms with van der Waals surface area (Å²) in [6.07, 6.45) is 6.62. The third kappa shape index (κ3) is 5.06. The molecule has 0 aromatic carbocycles. The van der Waals surface area contributed by atoms with E-state index < -0.39 is 0 Å². The second-order valence-electron chi connectivity index (χ2n) is 7.36. The topological polar surface area (TPSA) is 84.5 Å². The number of hydrogen-bond donors (Lipinski definition) is 1. The average molecular weight is 431 g/mol. The minimum atomic E-state index is -0.219. The molecule has 8 nitrogen and oxygen atoms in total. The average Bonchev–Trinajstić information content (AvgIpc) is 2.92. The summed E-state index contributed by atoms with van der Waals surface area (Å²) < 4.78 is 2.87. The Kier molecular flexibility index (Phi) is 7.59. The maximum atomic E-state index is 13.2. The van der Waals surface area contributed by atoms with E-state index in [2.05, 4.69) is 15.4 Å².